The monoisotopic (exact) mass is 464 g/mol. The first kappa shape index (κ1) is 23.8. The summed E-state index contributed by atoms with van der Waals surface area (Å²) in [6.07, 6.45) is 9.26. The average Bonchev–Trinajstić information content (AvgIpc) is 2.77. The van der Waals surface area contributed by atoms with E-state index in [1.54, 1.807) is 0 Å². The number of carboxylic acids is 1. The van der Waals surface area contributed by atoms with Gasteiger partial charge in [-0.3, -0.25) is 4.79 Å². The smallest absolute Gasteiger partial charge is 0.309 e. The lowest BCUT2D eigenvalue weighted by atomic mass is 9.34. The van der Waals surface area contributed by atoms with Crippen molar-refractivity contribution < 1.29 is 20.1 Å². The Morgan fingerprint density at radius 3 is 2.29 bits per heavy atom. The summed E-state index contributed by atoms with van der Waals surface area (Å²) in [7, 11) is 2.21. The Balaban J connectivity index is 1.66. The summed E-state index contributed by atoms with van der Waals surface area (Å²) < 4.78 is 0. The minimum absolute atomic E-state index is 0.00139. The molecule has 5 rings (SSSR count). The van der Waals surface area contributed by atoms with Gasteiger partial charge in [-0.25, -0.2) is 0 Å². The molecule has 4 aliphatic carbocycles. The van der Waals surface area contributed by atoms with Crippen LogP contribution in [0, 0.1) is 34.5 Å². The van der Waals surface area contributed by atoms with Gasteiger partial charge in [-0.2, -0.15) is 0 Å². The fourth-order valence-electron chi connectivity index (χ4n) is 9.20. The Hall–Kier alpha value is -1.91. The van der Waals surface area contributed by atoms with Gasteiger partial charge < -0.3 is 15.3 Å². The van der Waals surface area contributed by atoms with Gasteiger partial charge in [-0.15, -0.1) is 0 Å². The number of carbonyl (C=O) groups is 1. The number of aromatic hydroxyl groups is 2. The fourth-order valence-corrected chi connectivity index (χ4v) is 9.20. The van der Waals surface area contributed by atoms with Crippen molar-refractivity contribution in [3.05, 3.63) is 34.4 Å². The molecule has 1 aromatic carbocycles. The average molecular weight is 464 g/mol. The van der Waals surface area contributed by atoms with Crippen LogP contribution in [0.4, 0.5) is 0 Å². The van der Waals surface area contributed by atoms with E-state index in [1.807, 2.05) is 19.9 Å². The molecule has 34 heavy (non-hydrogen) atoms. The van der Waals surface area contributed by atoms with E-state index in [0.717, 1.165) is 56.1 Å². The third-order valence-electron chi connectivity index (χ3n) is 11.9. The first-order valence-electron chi connectivity index (χ1n) is 13.2. The number of carboxylic acid groups (broad SMARTS) is 1. The second-order valence-corrected chi connectivity index (χ2v) is 13.6. The van der Waals surface area contributed by atoms with E-state index in [0.29, 0.717) is 5.92 Å². The van der Waals surface area contributed by atoms with Crippen LogP contribution >= 0.6 is 0 Å². The molecule has 4 nitrogen and oxygen atoms in total. The minimum Gasteiger partial charge on any atom is -0.504 e. The summed E-state index contributed by atoms with van der Waals surface area (Å²) in [5.74, 6) is -0.138. The highest BCUT2D eigenvalue weighted by Gasteiger charge is 2.67. The van der Waals surface area contributed by atoms with Crippen molar-refractivity contribution in [1.82, 2.24) is 0 Å². The second-order valence-electron chi connectivity index (χ2n) is 13.6. The predicted octanol–water partition coefficient (Wildman–Crippen LogP) is 5.78. The van der Waals surface area contributed by atoms with Crippen molar-refractivity contribution in [2.24, 2.45) is 27.6 Å². The van der Waals surface area contributed by atoms with E-state index in [2.05, 4.69) is 41.6 Å². The molecule has 0 bridgehead atoms. The number of hydrogen-bond acceptors (Lipinski definition) is 3. The van der Waals surface area contributed by atoms with Crippen molar-refractivity contribution in [3.63, 3.8) is 0 Å². The summed E-state index contributed by atoms with van der Waals surface area (Å²) in [4.78, 5) is 12.3. The Bertz CT molecular complexity index is 1130. The van der Waals surface area contributed by atoms with E-state index < -0.39 is 11.4 Å². The molecule has 0 saturated heterocycles. The fraction of sp³-hybridized carbons (Fsp3) is 0.690. The molecule has 4 aliphatic rings. The Labute approximate surface area is 205 Å². The van der Waals surface area contributed by atoms with Crippen LogP contribution in [0.3, 0.4) is 0 Å². The van der Waals surface area contributed by atoms with Gasteiger partial charge in [0, 0.05) is 5.41 Å². The van der Waals surface area contributed by atoms with Gasteiger partial charge in [-0.05, 0) is 110 Å². The van der Waals surface area contributed by atoms with Crippen LogP contribution in [-0.2, 0) is 10.2 Å². The number of rotatable bonds is 1. The molecule has 0 amide bonds. The van der Waals surface area contributed by atoms with E-state index in [4.69, 9.17) is 0 Å². The molecule has 0 heterocycles. The molecular weight excluding hydrogens is 423 g/mol. The summed E-state index contributed by atoms with van der Waals surface area (Å²) in [6, 6.07) is 1.82. The van der Waals surface area contributed by atoms with E-state index in [1.165, 1.54) is 11.1 Å². The first-order chi connectivity index (χ1) is 15.6. The zero-order valence-corrected chi connectivity index (χ0v) is 22.0. The summed E-state index contributed by atoms with van der Waals surface area (Å²) in [5.41, 5.74) is 3.93. The maximum absolute atomic E-state index is 12.3. The lowest BCUT2D eigenvalue weighted by Crippen LogP contribution is -2.62. The lowest BCUT2D eigenvalue weighted by Gasteiger charge is -2.70. The van der Waals surface area contributed by atoms with Crippen molar-refractivity contribution in [2.45, 2.75) is 97.7 Å². The molecule has 0 spiro atoms. The Morgan fingerprint density at radius 1 is 1.00 bits per heavy atom. The van der Waals surface area contributed by atoms with Gasteiger partial charge in [0.2, 0.25) is 0 Å². The Kier molecular flexibility index (Phi) is 4.80. The van der Waals surface area contributed by atoms with Gasteiger partial charge in [0.05, 0.1) is 5.41 Å². The molecule has 7 atom stereocenters. The molecule has 184 valence electrons. The third-order valence-corrected chi connectivity index (χ3v) is 11.9. The van der Waals surface area contributed by atoms with Crippen LogP contribution in [0.2, 0.25) is 0 Å². The SMILES string of the molecule is BC1C=C2[C@@](C)(CC[C@@]3(C)[C@@H]4C[C@](C)(C(=O)O)CC[C@]4(C)CC[C@]23C)c2cc(O)c(O)c(C)c21. The van der Waals surface area contributed by atoms with Crippen LogP contribution in [0.25, 0.3) is 0 Å². The van der Waals surface area contributed by atoms with Gasteiger partial charge >= 0.3 is 5.97 Å². The topological polar surface area (TPSA) is 77.8 Å². The lowest BCUT2D eigenvalue weighted by molar-refractivity contribution is -0.177. The van der Waals surface area contributed by atoms with Crippen LogP contribution < -0.4 is 0 Å². The number of allylic oxidation sites excluding steroid dienone is 2. The quantitative estimate of drug-likeness (QED) is 0.280. The summed E-state index contributed by atoms with van der Waals surface area (Å²) in [5, 5.41) is 31.1. The number of phenols is 2. The first-order valence-corrected chi connectivity index (χ1v) is 13.2. The minimum atomic E-state index is -0.645. The number of fused-ring (bicyclic) bond motifs is 7. The molecule has 0 aromatic heterocycles. The van der Waals surface area contributed by atoms with Crippen LogP contribution in [0.15, 0.2) is 17.7 Å². The molecule has 3 saturated carbocycles. The van der Waals surface area contributed by atoms with E-state index >= 15 is 0 Å². The van der Waals surface area contributed by atoms with Crippen LogP contribution in [-0.4, -0.2) is 29.1 Å². The number of benzene rings is 1. The number of aliphatic carboxylic acids is 1. The van der Waals surface area contributed by atoms with Gasteiger partial charge in [0.25, 0.3) is 0 Å². The standard InChI is InChI=1S/C29H41BO4/c1-16-22-17(13-19(31)23(16)32)27(4)10-12-29(6)21-15-26(3,24(33)34)8-7-25(21,2)9-11-28(29,5)20(27)14-18(22)30/h13-14,18,21,31-32H,7-12,15,30H2,1-6H3,(H,33,34)/t18?,21-,25-,26-,27+,28-,29+/m1/s1. The van der Waals surface area contributed by atoms with Gasteiger partial charge in [0.1, 0.15) is 7.85 Å². The normalized spacial score (nSPS) is 45.3. The van der Waals surface area contributed by atoms with Gasteiger partial charge in [-0.1, -0.05) is 39.3 Å². The van der Waals surface area contributed by atoms with Crippen molar-refractivity contribution in [2.75, 3.05) is 0 Å². The molecule has 1 aromatic rings. The predicted molar refractivity (Wildman–Crippen MR) is 137 cm³/mol. The zero-order chi connectivity index (χ0) is 25.1. The molecule has 1 unspecified atom stereocenters. The van der Waals surface area contributed by atoms with Crippen molar-refractivity contribution in [1.29, 1.82) is 0 Å². The number of hydrogen-bond donors (Lipinski definition) is 3. The Morgan fingerprint density at radius 2 is 1.65 bits per heavy atom. The molecular formula is C29H41BO4. The highest BCUT2D eigenvalue weighted by molar-refractivity contribution is 6.14. The molecule has 3 N–H and O–H groups in total. The van der Waals surface area contributed by atoms with E-state index in [9.17, 15) is 20.1 Å². The van der Waals surface area contributed by atoms with E-state index in [-0.39, 0.29) is 39.0 Å². The highest BCUT2D eigenvalue weighted by atomic mass is 16.4. The van der Waals surface area contributed by atoms with Crippen LogP contribution in [0.5, 0.6) is 11.5 Å². The highest BCUT2D eigenvalue weighted by Crippen LogP contribution is 2.75. The third kappa shape index (κ3) is 2.70. The van der Waals surface area contributed by atoms with Crippen molar-refractivity contribution in [3.8, 4) is 11.5 Å². The molecule has 0 radical (unpaired) electrons. The zero-order valence-electron chi connectivity index (χ0n) is 22.0. The van der Waals surface area contributed by atoms with Crippen molar-refractivity contribution >= 4 is 13.8 Å². The summed E-state index contributed by atoms with van der Waals surface area (Å²) in [6.45, 7) is 13.6. The molecule has 0 aliphatic heterocycles. The maximum Gasteiger partial charge on any atom is 0.309 e. The summed E-state index contributed by atoms with van der Waals surface area (Å²) >= 11 is 0. The molecule has 5 heteroatoms. The van der Waals surface area contributed by atoms with Crippen LogP contribution in [0.1, 0.15) is 102 Å². The van der Waals surface area contributed by atoms with Gasteiger partial charge in [0.15, 0.2) is 11.5 Å². The second kappa shape index (κ2) is 6.86. The maximum atomic E-state index is 12.3. The molecule has 3 fully saturated rings. The number of phenolic OH excluding ortho intramolecular Hbond substituents is 2. The largest absolute Gasteiger partial charge is 0.504 e.